The molecule has 2 heterocycles. The number of nitrogens with zero attached hydrogens (tertiary/aromatic N) is 3. The zero-order chi connectivity index (χ0) is 20.3. The highest BCUT2D eigenvalue weighted by molar-refractivity contribution is 7.17. The summed E-state index contributed by atoms with van der Waals surface area (Å²) in [5.41, 5.74) is -0.675. The number of aromatic nitrogens is 2. The molecular weight excluding hydrogens is 376 g/mol. The smallest absolute Gasteiger partial charge is 0.350 e. The lowest BCUT2D eigenvalue weighted by atomic mass is 10.3. The summed E-state index contributed by atoms with van der Waals surface area (Å²) in [6.07, 6.45) is -0.291. The van der Waals surface area contributed by atoms with Crippen LogP contribution in [0.5, 0.6) is 0 Å². The zero-order valence-corrected chi connectivity index (χ0v) is 16.0. The number of esters is 1. The van der Waals surface area contributed by atoms with Crippen LogP contribution in [-0.2, 0) is 16.1 Å². The lowest BCUT2D eigenvalue weighted by molar-refractivity contribution is -0.386. The van der Waals surface area contributed by atoms with E-state index in [0.717, 1.165) is 22.0 Å². The molecule has 2 aromatic rings. The summed E-state index contributed by atoms with van der Waals surface area (Å²) >= 11 is 0.952. The first-order valence-corrected chi connectivity index (χ1v) is 8.75. The molecule has 11 heteroatoms. The molecule has 0 spiro atoms. The third-order valence-electron chi connectivity index (χ3n) is 3.44. The van der Waals surface area contributed by atoms with Crippen LogP contribution in [0.25, 0.3) is 0 Å². The van der Waals surface area contributed by atoms with Crippen LogP contribution in [0.3, 0.4) is 0 Å². The van der Waals surface area contributed by atoms with Gasteiger partial charge < -0.3 is 10.1 Å². The molecule has 10 nitrogen and oxygen atoms in total. The summed E-state index contributed by atoms with van der Waals surface area (Å²) in [6.45, 7) is 6.19. The predicted octanol–water partition coefficient (Wildman–Crippen LogP) is 2.03. The Morgan fingerprint density at radius 3 is 2.63 bits per heavy atom. The maximum absolute atomic E-state index is 12.2. The van der Waals surface area contributed by atoms with E-state index < -0.39 is 34.6 Å². The second-order valence-corrected chi connectivity index (χ2v) is 6.94. The molecule has 1 amide bonds. The van der Waals surface area contributed by atoms with Gasteiger partial charge in [0.15, 0.2) is 5.13 Å². The SMILES string of the molecule is Cc1nc(NC(=O)Cn2c(C)ccc([N+](=O)[O-])c2=O)sc1C(=O)OC(C)C. The second kappa shape index (κ2) is 8.08. The fourth-order valence-electron chi connectivity index (χ4n) is 2.20. The van der Waals surface area contributed by atoms with Gasteiger partial charge in [-0.15, -0.1) is 0 Å². The molecule has 0 bridgehead atoms. The highest BCUT2D eigenvalue weighted by Gasteiger charge is 2.20. The van der Waals surface area contributed by atoms with E-state index in [0.29, 0.717) is 11.4 Å². The summed E-state index contributed by atoms with van der Waals surface area (Å²) in [7, 11) is 0. The Labute approximate surface area is 157 Å². The summed E-state index contributed by atoms with van der Waals surface area (Å²) in [6, 6.07) is 2.49. The summed E-state index contributed by atoms with van der Waals surface area (Å²) in [4.78, 5) is 50.8. The van der Waals surface area contributed by atoms with Crippen LogP contribution < -0.4 is 10.9 Å². The standard InChI is InChI=1S/C16H18N4O6S/c1-8(2)26-15(23)13-10(4)17-16(27-13)18-12(21)7-19-9(3)5-6-11(14(19)22)20(24)25/h5-6,8H,7H2,1-4H3,(H,17,18,21). The molecule has 2 rings (SSSR count). The van der Waals surface area contributed by atoms with E-state index in [4.69, 9.17) is 4.74 Å². The molecule has 2 aromatic heterocycles. The first-order valence-electron chi connectivity index (χ1n) is 7.93. The minimum atomic E-state index is -0.869. The number of pyridine rings is 1. The Morgan fingerprint density at radius 2 is 2.04 bits per heavy atom. The number of ether oxygens (including phenoxy) is 1. The average molecular weight is 394 g/mol. The van der Waals surface area contributed by atoms with Gasteiger partial charge in [-0.05, 0) is 33.8 Å². The Bertz CT molecular complexity index is 962. The van der Waals surface area contributed by atoms with Gasteiger partial charge in [0, 0.05) is 11.8 Å². The van der Waals surface area contributed by atoms with Gasteiger partial charge in [-0.3, -0.25) is 24.3 Å². The lowest BCUT2D eigenvalue weighted by Gasteiger charge is -2.08. The van der Waals surface area contributed by atoms with Crippen LogP contribution in [-0.4, -0.2) is 32.5 Å². The van der Waals surface area contributed by atoms with Crippen molar-refractivity contribution < 1.29 is 19.2 Å². The molecule has 144 valence electrons. The quantitative estimate of drug-likeness (QED) is 0.450. The molecule has 0 radical (unpaired) electrons. The number of carbonyl (C=O) groups is 2. The van der Waals surface area contributed by atoms with E-state index in [1.807, 2.05) is 0 Å². The van der Waals surface area contributed by atoms with Crippen LogP contribution in [0.15, 0.2) is 16.9 Å². The summed E-state index contributed by atoms with van der Waals surface area (Å²) < 4.78 is 6.11. The summed E-state index contributed by atoms with van der Waals surface area (Å²) in [5, 5.41) is 13.5. The van der Waals surface area contributed by atoms with E-state index in [1.54, 1.807) is 27.7 Å². The Morgan fingerprint density at radius 1 is 1.37 bits per heavy atom. The topological polar surface area (TPSA) is 133 Å². The van der Waals surface area contributed by atoms with E-state index in [9.17, 15) is 24.5 Å². The predicted molar refractivity (Wildman–Crippen MR) is 98.1 cm³/mol. The number of anilines is 1. The fraction of sp³-hybridized carbons (Fsp3) is 0.375. The molecule has 0 aliphatic heterocycles. The van der Waals surface area contributed by atoms with E-state index in [1.165, 1.54) is 6.07 Å². The average Bonchev–Trinajstić information content (AvgIpc) is 2.90. The number of thiazole rings is 1. The minimum Gasteiger partial charge on any atom is -0.459 e. The van der Waals surface area contributed by atoms with Crippen molar-refractivity contribution >= 4 is 34.0 Å². The minimum absolute atomic E-state index is 0.171. The molecule has 1 N–H and O–H groups in total. The van der Waals surface area contributed by atoms with Gasteiger partial charge in [0.1, 0.15) is 11.4 Å². The normalized spacial score (nSPS) is 10.7. The van der Waals surface area contributed by atoms with Crippen molar-refractivity contribution in [1.82, 2.24) is 9.55 Å². The van der Waals surface area contributed by atoms with Crippen molar-refractivity contribution in [3.05, 3.63) is 48.9 Å². The Hall–Kier alpha value is -3.08. The number of hydrogen-bond acceptors (Lipinski definition) is 8. The zero-order valence-electron chi connectivity index (χ0n) is 15.1. The van der Waals surface area contributed by atoms with Gasteiger partial charge in [-0.1, -0.05) is 11.3 Å². The highest BCUT2D eigenvalue weighted by atomic mass is 32.1. The van der Waals surface area contributed by atoms with Crippen LogP contribution in [0, 0.1) is 24.0 Å². The van der Waals surface area contributed by atoms with Crippen molar-refractivity contribution in [2.24, 2.45) is 0 Å². The molecule has 0 aliphatic rings. The van der Waals surface area contributed by atoms with Gasteiger partial charge in [-0.25, -0.2) is 9.78 Å². The van der Waals surface area contributed by atoms with Gasteiger partial charge in [0.05, 0.1) is 16.7 Å². The maximum Gasteiger partial charge on any atom is 0.350 e. The number of amides is 1. The molecule has 0 saturated carbocycles. The van der Waals surface area contributed by atoms with E-state index in [2.05, 4.69) is 10.3 Å². The maximum atomic E-state index is 12.2. The number of rotatable bonds is 6. The number of carbonyl (C=O) groups excluding carboxylic acids is 2. The van der Waals surface area contributed by atoms with Gasteiger partial charge in [-0.2, -0.15) is 0 Å². The number of hydrogen-bond donors (Lipinski definition) is 1. The molecule has 0 aliphatic carbocycles. The molecule has 0 unspecified atom stereocenters. The third kappa shape index (κ3) is 4.76. The highest BCUT2D eigenvalue weighted by Crippen LogP contribution is 2.23. The first kappa shape index (κ1) is 20.2. The van der Waals surface area contributed by atoms with Crippen molar-refractivity contribution in [3.8, 4) is 0 Å². The monoisotopic (exact) mass is 394 g/mol. The molecule has 0 aromatic carbocycles. The molecular formula is C16H18N4O6S. The summed E-state index contributed by atoms with van der Waals surface area (Å²) in [5.74, 6) is -1.13. The molecule has 0 atom stereocenters. The van der Waals surface area contributed by atoms with Crippen LogP contribution in [0.2, 0.25) is 0 Å². The van der Waals surface area contributed by atoms with E-state index >= 15 is 0 Å². The van der Waals surface area contributed by atoms with Gasteiger partial charge in [0.2, 0.25) is 5.91 Å². The van der Waals surface area contributed by atoms with Crippen LogP contribution >= 0.6 is 11.3 Å². The molecule has 27 heavy (non-hydrogen) atoms. The van der Waals surface area contributed by atoms with Gasteiger partial charge >= 0.3 is 17.2 Å². The fourth-order valence-corrected chi connectivity index (χ4v) is 3.07. The molecule has 0 saturated heterocycles. The number of nitro groups is 1. The first-order chi connectivity index (χ1) is 12.6. The lowest BCUT2D eigenvalue weighted by Crippen LogP contribution is -2.30. The third-order valence-corrected chi connectivity index (χ3v) is 4.49. The van der Waals surface area contributed by atoms with Crippen molar-refractivity contribution in [1.29, 1.82) is 0 Å². The van der Waals surface area contributed by atoms with Crippen LogP contribution in [0.4, 0.5) is 10.8 Å². The second-order valence-electron chi connectivity index (χ2n) is 5.94. The number of nitrogens with one attached hydrogen (secondary N) is 1. The van der Waals surface area contributed by atoms with Crippen molar-refractivity contribution in [2.45, 2.75) is 40.3 Å². The van der Waals surface area contributed by atoms with Crippen molar-refractivity contribution in [2.75, 3.05) is 5.32 Å². The van der Waals surface area contributed by atoms with Gasteiger partial charge in [0.25, 0.3) is 0 Å². The van der Waals surface area contributed by atoms with Crippen molar-refractivity contribution in [3.63, 3.8) is 0 Å². The Balaban J connectivity index is 2.18. The number of aryl methyl sites for hydroxylation is 2. The Kier molecular flexibility index (Phi) is 6.05. The van der Waals surface area contributed by atoms with Crippen LogP contribution in [0.1, 0.15) is 34.9 Å². The van der Waals surface area contributed by atoms with E-state index in [-0.39, 0.29) is 16.1 Å². The molecule has 0 fully saturated rings. The largest absolute Gasteiger partial charge is 0.459 e.